The normalized spacial score (nSPS) is 15.6. The summed E-state index contributed by atoms with van der Waals surface area (Å²) in [6.07, 6.45) is 10.2. The highest BCUT2D eigenvalue weighted by Gasteiger charge is 2.41. The van der Waals surface area contributed by atoms with Crippen molar-refractivity contribution in [3.63, 3.8) is 0 Å². The fourth-order valence-corrected chi connectivity index (χ4v) is 4.13. The van der Waals surface area contributed by atoms with Crippen LogP contribution >= 0.6 is 0 Å². The first kappa shape index (κ1) is 22.8. The zero-order valence-corrected chi connectivity index (χ0v) is 18.2. The summed E-state index contributed by atoms with van der Waals surface area (Å²) >= 11 is 0. The van der Waals surface area contributed by atoms with E-state index < -0.39 is 11.4 Å². The van der Waals surface area contributed by atoms with Crippen molar-refractivity contribution in [2.45, 2.75) is 58.3 Å². The predicted molar refractivity (Wildman–Crippen MR) is 117 cm³/mol. The van der Waals surface area contributed by atoms with Gasteiger partial charge in [0, 0.05) is 26.2 Å². The lowest BCUT2D eigenvalue weighted by Gasteiger charge is -2.38. The highest BCUT2D eigenvalue weighted by atomic mass is 16.5. The second-order valence-electron chi connectivity index (χ2n) is 8.31. The third-order valence-electron chi connectivity index (χ3n) is 6.20. The van der Waals surface area contributed by atoms with Gasteiger partial charge >= 0.3 is 5.97 Å². The molecule has 31 heavy (non-hydrogen) atoms. The number of carbonyl (C=O) groups is 2. The zero-order chi connectivity index (χ0) is 22.1. The Hall–Kier alpha value is -2.90. The molecule has 0 radical (unpaired) electrons. The third-order valence-corrected chi connectivity index (χ3v) is 6.20. The molecule has 0 aliphatic carbocycles. The van der Waals surface area contributed by atoms with Crippen molar-refractivity contribution in [2.24, 2.45) is 5.41 Å². The number of carbonyl (C=O) groups excluding carboxylic acids is 1. The molecule has 0 spiro atoms. The molecule has 2 aromatic heterocycles. The van der Waals surface area contributed by atoms with Gasteiger partial charge in [0.05, 0.1) is 29.6 Å². The average molecular weight is 429 g/mol. The molecule has 1 saturated heterocycles. The van der Waals surface area contributed by atoms with E-state index in [-0.39, 0.29) is 5.91 Å². The number of ether oxygens (including phenoxy) is 1. The Balaban J connectivity index is 1.28. The molecule has 3 rings (SSSR count). The largest absolute Gasteiger partial charge is 0.492 e. The van der Waals surface area contributed by atoms with Gasteiger partial charge in [-0.3, -0.25) is 19.7 Å². The number of amides is 1. The van der Waals surface area contributed by atoms with Gasteiger partial charge in [-0.05, 0) is 43.9 Å². The Morgan fingerprint density at radius 1 is 1.13 bits per heavy atom. The molecular weight excluding hydrogens is 396 g/mol. The lowest BCUT2D eigenvalue weighted by molar-refractivity contribution is -0.154. The van der Waals surface area contributed by atoms with E-state index in [0.717, 1.165) is 49.2 Å². The van der Waals surface area contributed by atoms with Crippen molar-refractivity contribution in [1.29, 1.82) is 0 Å². The summed E-state index contributed by atoms with van der Waals surface area (Å²) in [6, 6.07) is 5.68. The van der Waals surface area contributed by atoms with Crippen LogP contribution in [0.15, 0.2) is 30.6 Å². The molecule has 0 unspecified atom stereocenters. The number of unbranched alkanes of at least 4 members (excludes halogenated alkanes) is 4. The minimum atomic E-state index is -0.712. The lowest BCUT2D eigenvalue weighted by Crippen LogP contribution is -2.45. The lowest BCUT2D eigenvalue weighted by atomic mass is 9.74. The van der Waals surface area contributed by atoms with Crippen LogP contribution in [0.2, 0.25) is 0 Å². The number of H-pyrrole nitrogens is 1. The molecule has 0 bridgehead atoms. The number of piperidine rings is 1. The van der Waals surface area contributed by atoms with Gasteiger partial charge < -0.3 is 14.7 Å². The van der Waals surface area contributed by atoms with E-state index in [1.165, 1.54) is 0 Å². The molecule has 2 aromatic rings. The Bertz CT molecular complexity index is 828. The number of pyridine rings is 1. The maximum atomic E-state index is 11.9. The van der Waals surface area contributed by atoms with Gasteiger partial charge in [0.25, 0.3) is 0 Å². The summed E-state index contributed by atoms with van der Waals surface area (Å²) in [6.45, 7) is 3.29. The smallest absolute Gasteiger partial charge is 0.309 e. The summed E-state index contributed by atoms with van der Waals surface area (Å²) in [5, 5.41) is 16.5. The van der Waals surface area contributed by atoms with E-state index in [2.05, 4.69) is 15.2 Å². The Labute approximate surface area is 183 Å². The number of carboxylic acids is 1. The highest BCUT2D eigenvalue weighted by molar-refractivity contribution is 5.76. The van der Waals surface area contributed by atoms with E-state index in [9.17, 15) is 14.7 Å². The average Bonchev–Trinajstić information content (AvgIpc) is 3.31. The van der Waals surface area contributed by atoms with Crippen LogP contribution in [0.4, 0.5) is 0 Å². The summed E-state index contributed by atoms with van der Waals surface area (Å²) in [7, 11) is 0. The standard InChI is InChI=1S/C23H32N4O4/c1-18(28)27-14-11-23(12-15-27,22(29)30)10-5-3-2-4-6-16-31-19-7-8-20(24-17-19)21-9-13-25-26-21/h7-9,13,17H,2-6,10-12,14-16H2,1H3,(H,25,26)(H,29,30). The molecule has 0 saturated carbocycles. The van der Waals surface area contributed by atoms with Crippen molar-refractivity contribution in [2.75, 3.05) is 19.7 Å². The number of aromatic nitrogens is 3. The molecule has 8 nitrogen and oxygen atoms in total. The van der Waals surface area contributed by atoms with Crippen LogP contribution in [0, 0.1) is 5.41 Å². The Kier molecular flexibility index (Phi) is 8.03. The molecule has 8 heteroatoms. The monoisotopic (exact) mass is 428 g/mol. The number of aliphatic carboxylic acids is 1. The van der Waals surface area contributed by atoms with Crippen LogP contribution < -0.4 is 4.74 Å². The minimum Gasteiger partial charge on any atom is -0.492 e. The summed E-state index contributed by atoms with van der Waals surface area (Å²) in [5.74, 6) is 0.0746. The molecule has 2 N–H and O–H groups in total. The first-order valence-corrected chi connectivity index (χ1v) is 11.1. The number of hydrogen-bond acceptors (Lipinski definition) is 5. The number of likely N-dealkylation sites (tertiary alicyclic amines) is 1. The first-order chi connectivity index (χ1) is 15.0. The maximum absolute atomic E-state index is 11.9. The molecule has 0 atom stereocenters. The van der Waals surface area contributed by atoms with E-state index in [4.69, 9.17) is 4.74 Å². The quantitative estimate of drug-likeness (QED) is 0.526. The van der Waals surface area contributed by atoms with Crippen LogP contribution in [0.3, 0.4) is 0 Å². The summed E-state index contributed by atoms with van der Waals surface area (Å²) in [5.41, 5.74) is 1.04. The first-order valence-electron chi connectivity index (χ1n) is 11.1. The molecule has 1 fully saturated rings. The number of carboxylic acid groups (broad SMARTS) is 1. The van der Waals surface area contributed by atoms with E-state index >= 15 is 0 Å². The van der Waals surface area contributed by atoms with Crippen molar-refractivity contribution in [1.82, 2.24) is 20.1 Å². The van der Waals surface area contributed by atoms with Crippen molar-refractivity contribution in [3.8, 4) is 17.1 Å². The van der Waals surface area contributed by atoms with Gasteiger partial charge in [-0.1, -0.05) is 25.7 Å². The molecule has 1 aliphatic rings. The summed E-state index contributed by atoms with van der Waals surface area (Å²) < 4.78 is 5.76. The van der Waals surface area contributed by atoms with Gasteiger partial charge in [0.2, 0.25) is 5.91 Å². The van der Waals surface area contributed by atoms with E-state index in [1.54, 1.807) is 24.2 Å². The Morgan fingerprint density at radius 3 is 2.48 bits per heavy atom. The van der Waals surface area contributed by atoms with Crippen LogP contribution in [0.5, 0.6) is 5.75 Å². The maximum Gasteiger partial charge on any atom is 0.309 e. The van der Waals surface area contributed by atoms with Crippen molar-refractivity contribution >= 4 is 11.9 Å². The number of aromatic amines is 1. The van der Waals surface area contributed by atoms with Crippen LogP contribution in [-0.2, 0) is 9.59 Å². The topological polar surface area (TPSA) is 108 Å². The second kappa shape index (κ2) is 10.9. The number of hydrogen-bond donors (Lipinski definition) is 2. The highest BCUT2D eigenvalue weighted by Crippen LogP contribution is 2.37. The van der Waals surface area contributed by atoms with Gasteiger partial charge in [-0.2, -0.15) is 5.10 Å². The molecule has 3 heterocycles. The van der Waals surface area contributed by atoms with Gasteiger partial charge in [0.15, 0.2) is 0 Å². The molecule has 168 valence electrons. The van der Waals surface area contributed by atoms with Crippen molar-refractivity contribution in [3.05, 3.63) is 30.6 Å². The third kappa shape index (κ3) is 6.29. The predicted octanol–water partition coefficient (Wildman–Crippen LogP) is 3.90. The minimum absolute atomic E-state index is 0.0331. The second-order valence-corrected chi connectivity index (χ2v) is 8.31. The van der Waals surface area contributed by atoms with Gasteiger partial charge in [0.1, 0.15) is 5.75 Å². The van der Waals surface area contributed by atoms with Gasteiger partial charge in [-0.25, -0.2) is 0 Å². The van der Waals surface area contributed by atoms with E-state index in [0.29, 0.717) is 39.0 Å². The Morgan fingerprint density at radius 2 is 1.87 bits per heavy atom. The molecule has 1 aliphatic heterocycles. The number of rotatable bonds is 11. The fourth-order valence-electron chi connectivity index (χ4n) is 4.13. The van der Waals surface area contributed by atoms with Crippen LogP contribution in [0.25, 0.3) is 11.4 Å². The molecular formula is C23H32N4O4. The van der Waals surface area contributed by atoms with Crippen molar-refractivity contribution < 1.29 is 19.4 Å². The van der Waals surface area contributed by atoms with Crippen LogP contribution in [0.1, 0.15) is 58.3 Å². The zero-order valence-electron chi connectivity index (χ0n) is 18.2. The van der Waals surface area contributed by atoms with Gasteiger partial charge in [-0.15, -0.1) is 0 Å². The summed E-state index contributed by atoms with van der Waals surface area (Å²) in [4.78, 5) is 29.5. The number of nitrogens with one attached hydrogen (secondary N) is 1. The van der Waals surface area contributed by atoms with E-state index in [1.807, 2.05) is 18.2 Å². The fraction of sp³-hybridized carbons (Fsp3) is 0.565. The molecule has 0 aromatic carbocycles. The SMILES string of the molecule is CC(=O)N1CCC(CCCCCCCOc2ccc(-c3ccn[nH]3)nc2)(C(=O)O)CC1. The van der Waals surface area contributed by atoms with Crippen LogP contribution in [-0.4, -0.2) is 56.8 Å². The molecule has 1 amide bonds. The number of nitrogens with zero attached hydrogens (tertiary/aromatic N) is 3.